The molecule has 3 N–H and O–H groups in total. The van der Waals surface area contributed by atoms with E-state index >= 15 is 0 Å². The summed E-state index contributed by atoms with van der Waals surface area (Å²) < 4.78 is 5.70. The number of nitrogens with two attached hydrogens (primary N) is 1. The number of fused-ring (bicyclic) bond motifs is 1. The van der Waals surface area contributed by atoms with E-state index < -0.39 is 0 Å². The minimum Gasteiger partial charge on any atom is -0.489 e. The van der Waals surface area contributed by atoms with Crippen LogP contribution in [0.5, 0.6) is 0 Å². The highest BCUT2D eigenvalue weighted by Crippen LogP contribution is 2.25. The predicted molar refractivity (Wildman–Crippen MR) is 69.0 cm³/mol. The van der Waals surface area contributed by atoms with E-state index in [1.54, 1.807) is 12.2 Å². The summed E-state index contributed by atoms with van der Waals surface area (Å²) in [5, 5.41) is 3.36. The Bertz CT molecular complexity index is 384. The lowest BCUT2D eigenvalue weighted by Crippen LogP contribution is -2.54. The molecule has 92 valence electrons. The maximum Gasteiger partial charge on any atom is 0.142 e. The first-order valence-electron chi connectivity index (χ1n) is 5.82. The van der Waals surface area contributed by atoms with Crippen molar-refractivity contribution in [3.63, 3.8) is 0 Å². The van der Waals surface area contributed by atoms with Crippen LogP contribution in [0.15, 0.2) is 48.5 Å². The van der Waals surface area contributed by atoms with Crippen molar-refractivity contribution in [2.75, 3.05) is 26.2 Å². The molecule has 0 aliphatic carbocycles. The van der Waals surface area contributed by atoms with E-state index in [9.17, 15) is 0 Å². The molecule has 2 aliphatic rings. The molecule has 1 unspecified atom stereocenters. The van der Waals surface area contributed by atoms with Gasteiger partial charge < -0.3 is 20.7 Å². The fourth-order valence-corrected chi connectivity index (χ4v) is 2.16. The smallest absolute Gasteiger partial charge is 0.142 e. The summed E-state index contributed by atoms with van der Waals surface area (Å²) in [5.74, 6) is 0.799. The average Bonchev–Trinajstić information content (AvgIpc) is 2.39. The van der Waals surface area contributed by atoms with Gasteiger partial charge in [0.15, 0.2) is 0 Å². The molecule has 1 saturated heterocycles. The molecule has 0 spiro atoms. The second-order valence-electron chi connectivity index (χ2n) is 4.16. The van der Waals surface area contributed by atoms with E-state index in [1.165, 1.54) is 0 Å². The van der Waals surface area contributed by atoms with Crippen molar-refractivity contribution < 1.29 is 4.74 Å². The summed E-state index contributed by atoms with van der Waals surface area (Å²) in [6.45, 7) is 11.0. The summed E-state index contributed by atoms with van der Waals surface area (Å²) in [7, 11) is 0. The first kappa shape index (κ1) is 11.8. The van der Waals surface area contributed by atoms with Crippen molar-refractivity contribution in [1.82, 2.24) is 10.2 Å². The van der Waals surface area contributed by atoms with Gasteiger partial charge in [0.05, 0.1) is 11.7 Å². The van der Waals surface area contributed by atoms with Crippen LogP contribution in [0.1, 0.15) is 0 Å². The first-order chi connectivity index (χ1) is 8.26. The largest absolute Gasteiger partial charge is 0.489 e. The van der Waals surface area contributed by atoms with Gasteiger partial charge in [0, 0.05) is 25.3 Å². The normalized spacial score (nSPS) is 25.1. The molecule has 1 fully saturated rings. The van der Waals surface area contributed by atoms with Gasteiger partial charge in [0.25, 0.3) is 0 Å². The number of ether oxygens (including phenoxy) is 1. The summed E-state index contributed by atoms with van der Waals surface area (Å²) in [6.07, 6.45) is 5.28. The molecule has 0 aromatic heterocycles. The van der Waals surface area contributed by atoms with Crippen LogP contribution in [0.25, 0.3) is 0 Å². The highest BCUT2D eigenvalue weighted by atomic mass is 16.5. The van der Waals surface area contributed by atoms with Gasteiger partial charge in [-0.2, -0.15) is 0 Å². The highest BCUT2D eigenvalue weighted by Gasteiger charge is 2.29. The molecule has 4 nitrogen and oxygen atoms in total. The monoisotopic (exact) mass is 233 g/mol. The fourth-order valence-electron chi connectivity index (χ4n) is 2.16. The Hall–Kier alpha value is -1.68. The second kappa shape index (κ2) is 5.10. The van der Waals surface area contributed by atoms with Gasteiger partial charge in [-0.05, 0) is 18.2 Å². The average molecular weight is 233 g/mol. The lowest BCUT2D eigenvalue weighted by molar-refractivity contribution is 0.0722. The Morgan fingerprint density at radius 2 is 2.35 bits per heavy atom. The second-order valence-corrected chi connectivity index (χ2v) is 4.16. The zero-order valence-corrected chi connectivity index (χ0v) is 9.98. The number of hydrogen-bond acceptors (Lipinski definition) is 4. The van der Waals surface area contributed by atoms with Crippen LogP contribution < -0.4 is 11.1 Å². The van der Waals surface area contributed by atoms with Crippen molar-refractivity contribution in [1.29, 1.82) is 0 Å². The molecular weight excluding hydrogens is 214 g/mol. The van der Waals surface area contributed by atoms with Gasteiger partial charge in [0.1, 0.15) is 12.4 Å². The quantitative estimate of drug-likeness (QED) is 0.705. The minimum atomic E-state index is 0.372. The molecule has 0 radical (unpaired) electrons. The molecule has 4 heteroatoms. The number of nitrogens with one attached hydrogen (secondary N) is 1. The molecule has 0 aromatic carbocycles. The molecule has 0 bridgehead atoms. The summed E-state index contributed by atoms with van der Waals surface area (Å²) in [6, 6.07) is 0.372. The van der Waals surface area contributed by atoms with Crippen molar-refractivity contribution in [3.05, 3.63) is 48.5 Å². The van der Waals surface area contributed by atoms with Gasteiger partial charge in [-0.15, -0.1) is 0 Å². The predicted octanol–water partition coefficient (Wildman–Crippen LogP) is 0.717. The first-order valence-corrected chi connectivity index (χ1v) is 5.82. The van der Waals surface area contributed by atoms with E-state index in [-0.39, 0.29) is 0 Å². The standard InChI is InChI=1S/C13H19N3O/c1-3-10(14)7-12-13(4-2)17-9-11-8-15-5-6-16(11)12/h3-4,7,11,15H,1-2,5-6,8-9,14H2/b10-7+. The number of piperazine rings is 1. The highest BCUT2D eigenvalue weighted by molar-refractivity contribution is 5.34. The van der Waals surface area contributed by atoms with Crippen LogP contribution in [0.2, 0.25) is 0 Å². The van der Waals surface area contributed by atoms with E-state index in [1.807, 2.05) is 6.08 Å². The van der Waals surface area contributed by atoms with Crippen LogP contribution in [0, 0.1) is 0 Å². The maximum absolute atomic E-state index is 5.82. The Labute approximate surface area is 102 Å². The number of hydrogen-bond donors (Lipinski definition) is 2. The molecule has 0 aromatic rings. The molecule has 0 amide bonds. The molecule has 2 rings (SSSR count). The van der Waals surface area contributed by atoms with Gasteiger partial charge in [-0.25, -0.2) is 0 Å². The summed E-state index contributed by atoms with van der Waals surface area (Å²) in [5.41, 5.74) is 7.47. The van der Waals surface area contributed by atoms with Crippen molar-refractivity contribution in [2.45, 2.75) is 6.04 Å². The lowest BCUT2D eigenvalue weighted by Gasteiger charge is -2.42. The maximum atomic E-state index is 5.82. The molecule has 2 aliphatic heterocycles. The molecule has 1 atom stereocenters. The van der Waals surface area contributed by atoms with Crippen LogP contribution in [0.4, 0.5) is 0 Å². The number of rotatable bonds is 3. The van der Waals surface area contributed by atoms with Gasteiger partial charge in [-0.1, -0.05) is 13.2 Å². The van der Waals surface area contributed by atoms with Crippen LogP contribution in [-0.4, -0.2) is 37.2 Å². The van der Waals surface area contributed by atoms with Crippen molar-refractivity contribution >= 4 is 0 Å². The van der Waals surface area contributed by atoms with Gasteiger partial charge in [-0.3, -0.25) is 0 Å². The van der Waals surface area contributed by atoms with Crippen LogP contribution in [0.3, 0.4) is 0 Å². The van der Waals surface area contributed by atoms with Gasteiger partial charge in [0.2, 0.25) is 0 Å². The molecule has 2 heterocycles. The van der Waals surface area contributed by atoms with Crippen molar-refractivity contribution in [2.24, 2.45) is 5.73 Å². The SMILES string of the molecule is C=CC1=C(/C=C(/N)C=C)N2CCNCC2CO1. The Morgan fingerprint density at radius 1 is 1.53 bits per heavy atom. The van der Waals surface area contributed by atoms with Gasteiger partial charge >= 0.3 is 0 Å². The molecule has 0 saturated carbocycles. The third kappa shape index (κ3) is 2.36. The topological polar surface area (TPSA) is 50.5 Å². The van der Waals surface area contributed by atoms with E-state index in [0.717, 1.165) is 31.1 Å². The zero-order valence-electron chi connectivity index (χ0n) is 9.98. The van der Waals surface area contributed by atoms with E-state index in [0.29, 0.717) is 18.3 Å². The summed E-state index contributed by atoms with van der Waals surface area (Å²) >= 11 is 0. The van der Waals surface area contributed by atoms with E-state index in [4.69, 9.17) is 10.5 Å². The third-order valence-corrected chi connectivity index (χ3v) is 3.07. The molecule has 17 heavy (non-hydrogen) atoms. The molecular formula is C13H19N3O. The number of allylic oxidation sites excluding steroid dienone is 3. The number of nitrogens with zero attached hydrogens (tertiary/aromatic N) is 1. The fraction of sp³-hybridized carbons (Fsp3) is 0.385. The van der Waals surface area contributed by atoms with Crippen LogP contribution >= 0.6 is 0 Å². The Balaban J connectivity index is 2.34. The lowest BCUT2D eigenvalue weighted by atomic mass is 10.1. The Kier molecular flexibility index (Phi) is 3.54. The van der Waals surface area contributed by atoms with E-state index in [2.05, 4.69) is 23.4 Å². The van der Waals surface area contributed by atoms with Crippen LogP contribution in [-0.2, 0) is 4.74 Å². The third-order valence-electron chi connectivity index (χ3n) is 3.07. The Morgan fingerprint density at radius 3 is 3.06 bits per heavy atom. The summed E-state index contributed by atoms with van der Waals surface area (Å²) in [4.78, 5) is 2.33. The zero-order chi connectivity index (χ0) is 12.3. The van der Waals surface area contributed by atoms with Crippen molar-refractivity contribution in [3.8, 4) is 0 Å². The minimum absolute atomic E-state index is 0.372.